The highest BCUT2D eigenvalue weighted by atomic mass is 32.2. The molecule has 1 N–H and O–H groups in total. The molecule has 3 aliphatic rings. The SMILES string of the molecule is CS(=O)(=O)N1CCC(C(=O)N2C3CCC2CC(O)C3)CC1. The lowest BCUT2D eigenvalue weighted by atomic mass is 9.92. The van der Waals surface area contributed by atoms with Gasteiger partial charge < -0.3 is 10.0 Å². The lowest BCUT2D eigenvalue weighted by Crippen LogP contribution is -2.52. The Morgan fingerprint density at radius 3 is 2.05 bits per heavy atom. The van der Waals surface area contributed by atoms with Crippen LogP contribution in [0.1, 0.15) is 38.5 Å². The molecule has 0 aromatic rings. The van der Waals surface area contributed by atoms with E-state index in [-0.39, 0.29) is 30.0 Å². The molecule has 0 aliphatic carbocycles. The molecule has 0 aromatic heterocycles. The summed E-state index contributed by atoms with van der Waals surface area (Å²) in [4.78, 5) is 14.8. The van der Waals surface area contributed by atoms with Crippen LogP contribution in [0.3, 0.4) is 0 Å². The molecule has 7 heteroatoms. The number of rotatable bonds is 2. The summed E-state index contributed by atoms with van der Waals surface area (Å²) in [5.41, 5.74) is 0. The van der Waals surface area contributed by atoms with E-state index in [1.165, 1.54) is 10.6 Å². The molecule has 3 fully saturated rings. The minimum absolute atomic E-state index is 0.0543. The second-order valence-electron chi connectivity index (χ2n) is 6.69. The number of carbonyl (C=O) groups excluding carboxylic acids is 1. The van der Waals surface area contributed by atoms with E-state index in [0.29, 0.717) is 38.8 Å². The van der Waals surface area contributed by atoms with Crippen LogP contribution >= 0.6 is 0 Å². The van der Waals surface area contributed by atoms with E-state index in [2.05, 4.69) is 0 Å². The van der Waals surface area contributed by atoms with Crippen molar-refractivity contribution in [1.29, 1.82) is 0 Å². The third kappa shape index (κ3) is 2.96. The van der Waals surface area contributed by atoms with Gasteiger partial charge in [0.05, 0.1) is 12.4 Å². The number of hydrogen-bond donors (Lipinski definition) is 1. The predicted molar refractivity (Wildman–Crippen MR) is 78.0 cm³/mol. The van der Waals surface area contributed by atoms with E-state index in [1.54, 1.807) is 0 Å². The Kier molecular flexibility index (Phi) is 4.00. The Morgan fingerprint density at radius 2 is 1.57 bits per heavy atom. The van der Waals surface area contributed by atoms with Crippen molar-refractivity contribution < 1.29 is 18.3 Å². The molecular formula is C14H24N2O4S. The lowest BCUT2D eigenvalue weighted by molar-refractivity contribution is -0.143. The standard InChI is InChI=1S/C14H24N2O4S/c1-21(19,20)15-6-4-10(5-7-15)14(18)16-11-2-3-12(16)9-13(17)8-11/h10-13,17H,2-9H2,1H3. The van der Waals surface area contributed by atoms with E-state index < -0.39 is 10.0 Å². The molecule has 0 saturated carbocycles. The lowest BCUT2D eigenvalue weighted by Gasteiger charge is -2.40. The van der Waals surface area contributed by atoms with Gasteiger partial charge in [-0.2, -0.15) is 0 Å². The number of amides is 1. The molecule has 0 radical (unpaired) electrons. The van der Waals surface area contributed by atoms with Gasteiger partial charge in [-0.25, -0.2) is 12.7 Å². The van der Waals surface area contributed by atoms with Crippen molar-refractivity contribution in [2.24, 2.45) is 5.92 Å². The first kappa shape index (κ1) is 15.2. The van der Waals surface area contributed by atoms with Crippen LogP contribution in [0.4, 0.5) is 0 Å². The Bertz CT molecular complexity index is 499. The Labute approximate surface area is 126 Å². The number of hydrogen-bond acceptors (Lipinski definition) is 4. The van der Waals surface area contributed by atoms with Crippen molar-refractivity contribution in [3.8, 4) is 0 Å². The van der Waals surface area contributed by atoms with Gasteiger partial charge in [0.2, 0.25) is 15.9 Å². The second-order valence-corrected chi connectivity index (χ2v) is 8.67. The van der Waals surface area contributed by atoms with Gasteiger partial charge >= 0.3 is 0 Å². The molecule has 120 valence electrons. The zero-order valence-corrected chi connectivity index (χ0v) is 13.3. The molecular weight excluding hydrogens is 292 g/mol. The number of nitrogens with zero attached hydrogens (tertiary/aromatic N) is 2. The Balaban J connectivity index is 1.63. The summed E-state index contributed by atoms with van der Waals surface area (Å²) < 4.78 is 24.5. The van der Waals surface area contributed by atoms with Crippen molar-refractivity contribution in [1.82, 2.24) is 9.21 Å². The van der Waals surface area contributed by atoms with Gasteiger partial charge in [-0.15, -0.1) is 0 Å². The molecule has 0 aromatic carbocycles. The minimum atomic E-state index is -3.14. The minimum Gasteiger partial charge on any atom is -0.393 e. The van der Waals surface area contributed by atoms with Crippen LogP contribution < -0.4 is 0 Å². The van der Waals surface area contributed by atoms with Crippen molar-refractivity contribution >= 4 is 15.9 Å². The molecule has 2 atom stereocenters. The van der Waals surface area contributed by atoms with Gasteiger partial charge in [0, 0.05) is 31.1 Å². The van der Waals surface area contributed by atoms with Crippen LogP contribution in [0.5, 0.6) is 0 Å². The highest BCUT2D eigenvalue weighted by molar-refractivity contribution is 7.88. The third-order valence-electron chi connectivity index (χ3n) is 5.23. The number of piperidine rings is 2. The van der Waals surface area contributed by atoms with Crippen molar-refractivity contribution in [3.05, 3.63) is 0 Å². The summed E-state index contributed by atoms with van der Waals surface area (Å²) >= 11 is 0. The third-order valence-corrected chi connectivity index (χ3v) is 6.54. The maximum absolute atomic E-state index is 12.8. The summed E-state index contributed by atoms with van der Waals surface area (Å²) in [5, 5.41) is 9.81. The van der Waals surface area contributed by atoms with E-state index in [1.807, 2.05) is 4.90 Å². The summed E-state index contributed by atoms with van der Waals surface area (Å²) in [6, 6.07) is 0.387. The average molecular weight is 316 g/mol. The first-order chi connectivity index (χ1) is 9.86. The van der Waals surface area contributed by atoms with Crippen LogP contribution in [0.15, 0.2) is 0 Å². The number of carbonyl (C=O) groups is 1. The van der Waals surface area contributed by atoms with Crippen molar-refractivity contribution in [2.75, 3.05) is 19.3 Å². The van der Waals surface area contributed by atoms with Crippen molar-refractivity contribution in [2.45, 2.75) is 56.7 Å². The molecule has 3 aliphatic heterocycles. The average Bonchev–Trinajstić information content (AvgIpc) is 2.69. The van der Waals surface area contributed by atoms with Gasteiger partial charge in [0.25, 0.3) is 0 Å². The fraction of sp³-hybridized carbons (Fsp3) is 0.929. The largest absolute Gasteiger partial charge is 0.393 e. The van der Waals surface area contributed by atoms with Crippen LogP contribution in [0.2, 0.25) is 0 Å². The van der Waals surface area contributed by atoms with Crippen LogP contribution in [-0.2, 0) is 14.8 Å². The molecule has 3 saturated heterocycles. The molecule has 3 heterocycles. The van der Waals surface area contributed by atoms with E-state index >= 15 is 0 Å². The molecule has 1 amide bonds. The van der Waals surface area contributed by atoms with Gasteiger partial charge in [-0.05, 0) is 38.5 Å². The summed E-state index contributed by atoms with van der Waals surface area (Å²) in [5.74, 6) is 0.129. The normalized spacial score (nSPS) is 35.1. The van der Waals surface area contributed by atoms with E-state index in [4.69, 9.17) is 0 Å². The topological polar surface area (TPSA) is 77.9 Å². The van der Waals surface area contributed by atoms with E-state index in [9.17, 15) is 18.3 Å². The van der Waals surface area contributed by atoms with Crippen LogP contribution in [0, 0.1) is 5.92 Å². The zero-order valence-electron chi connectivity index (χ0n) is 12.4. The Morgan fingerprint density at radius 1 is 1.05 bits per heavy atom. The summed E-state index contributed by atoms with van der Waals surface area (Å²) in [6.07, 6.45) is 5.58. The van der Waals surface area contributed by atoms with Gasteiger partial charge in [-0.1, -0.05) is 0 Å². The monoisotopic (exact) mass is 316 g/mol. The predicted octanol–water partition coefficient (Wildman–Crippen LogP) is 0.172. The number of sulfonamides is 1. The van der Waals surface area contributed by atoms with Crippen LogP contribution in [-0.4, -0.2) is 66.2 Å². The molecule has 3 rings (SSSR count). The second kappa shape index (κ2) is 5.52. The molecule has 21 heavy (non-hydrogen) atoms. The fourth-order valence-corrected chi connectivity index (χ4v) is 5.03. The maximum Gasteiger partial charge on any atom is 0.226 e. The van der Waals surface area contributed by atoms with E-state index in [0.717, 1.165) is 12.8 Å². The van der Waals surface area contributed by atoms with Crippen molar-refractivity contribution in [3.63, 3.8) is 0 Å². The van der Waals surface area contributed by atoms with Gasteiger partial charge in [0.15, 0.2) is 0 Å². The van der Waals surface area contributed by atoms with Crippen LogP contribution in [0.25, 0.3) is 0 Å². The maximum atomic E-state index is 12.8. The number of aliphatic hydroxyl groups is 1. The number of aliphatic hydroxyl groups excluding tert-OH is 1. The quantitative estimate of drug-likeness (QED) is 0.788. The highest BCUT2D eigenvalue weighted by Gasteiger charge is 2.45. The molecule has 2 unspecified atom stereocenters. The smallest absolute Gasteiger partial charge is 0.226 e. The first-order valence-corrected chi connectivity index (χ1v) is 9.66. The Hall–Kier alpha value is -0.660. The zero-order chi connectivity index (χ0) is 15.2. The molecule has 0 spiro atoms. The van der Waals surface area contributed by atoms with Gasteiger partial charge in [0.1, 0.15) is 0 Å². The summed E-state index contributed by atoms with van der Waals surface area (Å²) in [6.45, 7) is 0.891. The fourth-order valence-electron chi connectivity index (χ4n) is 4.15. The number of fused-ring (bicyclic) bond motifs is 2. The highest BCUT2D eigenvalue weighted by Crippen LogP contribution is 2.37. The molecule has 6 nitrogen and oxygen atoms in total. The first-order valence-electron chi connectivity index (χ1n) is 7.81. The van der Waals surface area contributed by atoms with Gasteiger partial charge in [-0.3, -0.25) is 4.79 Å². The summed E-state index contributed by atoms with van der Waals surface area (Å²) in [7, 11) is -3.14. The molecule has 2 bridgehead atoms.